The van der Waals surface area contributed by atoms with Crippen LogP contribution in [0.15, 0.2) is 30.3 Å². The topological polar surface area (TPSA) is 32.7 Å². The van der Waals surface area contributed by atoms with Gasteiger partial charge in [0, 0.05) is 13.2 Å². The summed E-state index contributed by atoms with van der Waals surface area (Å²) in [4.78, 5) is 2.42. The Hall–Kier alpha value is -0.900. The molecule has 3 nitrogen and oxygen atoms in total. The summed E-state index contributed by atoms with van der Waals surface area (Å²) in [6.07, 6.45) is 10.4. The first-order chi connectivity index (χ1) is 13.3. The van der Waals surface area contributed by atoms with E-state index < -0.39 is 0 Å². The van der Waals surface area contributed by atoms with Crippen molar-refractivity contribution < 1.29 is 9.84 Å². The fourth-order valence-corrected chi connectivity index (χ4v) is 5.86. The smallest absolute Gasteiger partial charge is 0.0900 e. The summed E-state index contributed by atoms with van der Waals surface area (Å²) >= 11 is 0. The third-order valence-electron chi connectivity index (χ3n) is 7.37. The predicted octanol–water partition coefficient (Wildman–Crippen LogP) is 4.14. The number of likely N-dealkylation sites (tertiary alicyclic amines) is 1. The Balaban J connectivity index is 1.06. The Labute approximate surface area is 165 Å². The minimum Gasteiger partial charge on any atom is -0.389 e. The molecule has 150 valence electrons. The van der Waals surface area contributed by atoms with Gasteiger partial charge in [-0.2, -0.15) is 0 Å². The van der Waals surface area contributed by atoms with Crippen LogP contribution in [0.2, 0.25) is 0 Å². The second kappa shape index (κ2) is 9.54. The Morgan fingerprint density at radius 1 is 1.04 bits per heavy atom. The van der Waals surface area contributed by atoms with Crippen LogP contribution in [0.3, 0.4) is 0 Å². The molecule has 1 heterocycles. The third-order valence-corrected chi connectivity index (χ3v) is 7.37. The van der Waals surface area contributed by atoms with Crippen molar-refractivity contribution in [3.05, 3.63) is 35.9 Å². The van der Waals surface area contributed by atoms with Gasteiger partial charge < -0.3 is 14.7 Å². The summed E-state index contributed by atoms with van der Waals surface area (Å²) in [5.74, 6) is 3.71. The van der Waals surface area contributed by atoms with Crippen molar-refractivity contribution in [2.24, 2.45) is 23.7 Å². The van der Waals surface area contributed by atoms with E-state index in [0.29, 0.717) is 6.61 Å². The molecule has 1 aromatic carbocycles. The lowest BCUT2D eigenvalue weighted by molar-refractivity contribution is 0.00547. The van der Waals surface area contributed by atoms with Gasteiger partial charge in [-0.1, -0.05) is 36.8 Å². The molecule has 3 fully saturated rings. The first-order valence-corrected chi connectivity index (χ1v) is 11.3. The van der Waals surface area contributed by atoms with Crippen LogP contribution in [-0.4, -0.2) is 49.0 Å². The van der Waals surface area contributed by atoms with Crippen LogP contribution in [0.4, 0.5) is 0 Å². The van der Waals surface area contributed by atoms with Crippen molar-refractivity contribution in [3.8, 4) is 0 Å². The van der Waals surface area contributed by atoms with E-state index in [4.69, 9.17) is 4.74 Å². The van der Waals surface area contributed by atoms with E-state index in [2.05, 4.69) is 35.2 Å². The van der Waals surface area contributed by atoms with Crippen LogP contribution in [-0.2, 0) is 11.2 Å². The largest absolute Gasteiger partial charge is 0.389 e. The molecule has 4 atom stereocenters. The summed E-state index contributed by atoms with van der Waals surface area (Å²) in [5, 5.41) is 10.3. The Morgan fingerprint density at radius 3 is 2.56 bits per heavy atom. The molecule has 2 aliphatic carbocycles. The quantitative estimate of drug-likeness (QED) is 0.662. The predicted molar refractivity (Wildman–Crippen MR) is 110 cm³/mol. The molecule has 0 unspecified atom stereocenters. The highest BCUT2D eigenvalue weighted by molar-refractivity contribution is 5.15. The maximum absolute atomic E-state index is 10.3. The fraction of sp³-hybridized carbons (Fsp3) is 0.750. The fourth-order valence-electron chi connectivity index (χ4n) is 5.86. The second-order valence-electron chi connectivity index (χ2n) is 9.39. The minimum atomic E-state index is -0.337. The van der Waals surface area contributed by atoms with Crippen molar-refractivity contribution in [1.82, 2.24) is 4.90 Å². The normalized spacial score (nSPS) is 30.0. The van der Waals surface area contributed by atoms with Gasteiger partial charge in [0.1, 0.15) is 0 Å². The van der Waals surface area contributed by atoms with Gasteiger partial charge in [-0.05, 0) is 87.3 Å². The Bertz CT molecular complexity index is 555. The summed E-state index contributed by atoms with van der Waals surface area (Å²) in [6, 6.07) is 10.8. The Morgan fingerprint density at radius 2 is 1.85 bits per heavy atom. The number of β-amino-alcohol motifs (C(OH)–C–C–N with tert-alkyl or cyclic N) is 1. The minimum absolute atomic E-state index is 0.337. The van der Waals surface area contributed by atoms with Crippen molar-refractivity contribution in [3.63, 3.8) is 0 Å². The molecule has 0 amide bonds. The van der Waals surface area contributed by atoms with Crippen molar-refractivity contribution in [2.75, 3.05) is 32.8 Å². The molecule has 0 radical (unpaired) electrons. The van der Waals surface area contributed by atoms with E-state index >= 15 is 0 Å². The highest BCUT2D eigenvalue weighted by atomic mass is 16.5. The second-order valence-corrected chi connectivity index (χ2v) is 9.39. The molecule has 27 heavy (non-hydrogen) atoms. The molecule has 3 heteroatoms. The molecular weight excluding hydrogens is 334 g/mol. The zero-order valence-electron chi connectivity index (χ0n) is 16.8. The maximum Gasteiger partial charge on any atom is 0.0900 e. The zero-order chi connectivity index (χ0) is 18.5. The number of rotatable bonds is 9. The maximum atomic E-state index is 10.3. The van der Waals surface area contributed by atoms with Crippen molar-refractivity contribution in [2.45, 2.75) is 57.5 Å². The number of fused-ring (bicyclic) bond motifs is 2. The van der Waals surface area contributed by atoms with Crippen molar-refractivity contribution >= 4 is 0 Å². The molecular formula is C24H37NO2. The number of aliphatic hydroxyl groups excluding tert-OH is 1. The number of benzene rings is 1. The van der Waals surface area contributed by atoms with E-state index in [1.165, 1.54) is 56.9 Å². The molecule has 3 aliphatic rings. The standard InChI is InChI=1S/C24H37NO2/c26-24(18-27-13-10-23-16-21-6-7-22(23)15-21)17-25-11-8-20(9-12-25)14-19-4-2-1-3-5-19/h1-5,20-24,26H,6-18H2/t21-,22-,23-,24+/m1/s1. The van der Waals surface area contributed by atoms with Crippen LogP contribution in [0, 0.1) is 23.7 Å². The molecule has 2 saturated carbocycles. The van der Waals surface area contributed by atoms with Gasteiger partial charge in [-0.15, -0.1) is 0 Å². The number of hydrogen-bond acceptors (Lipinski definition) is 3. The van der Waals surface area contributed by atoms with Gasteiger partial charge in [0.25, 0.3) is 0 Å². The van der Waals surface area contributed by atoms with Gasteiger partial charge in [0.15, 0.2) is 0 Å². The highest BCUT2D eigenvalue weighted by Crippen LogP contribution is 2.49. The highest BCUT2D eigenvalue weighted by Gasteiger charge is 2.38. The van der Waals surface area contributed by atoms with Gasteiger partial charge in [-0.3, -0.25) is 0 Å². The van der Waals surface area contributed by atoms with E-state index in [-0.39, 0.29) is 6.10 Å². The summed E-state index contributed by atoms with van der Waals surface area (Å²) < 4.78 is 5.83. The molecule has 2 bridgehead atoms. The lowest BCUT2D eigenvalue weighted by Crippen LogP contribution is -2.40. The van der Waals surface area contributed by atoms with Crippen LogP contribution < -0.4 is 0 Å². The number of aliphatic hydroxyl groups is 1. The number of nitrogens with zero attached hydrogens (tertiary/aromatic N) is 1. The number of hydrogen-bond donors (Lipinski definition) is 1. The average molecular weight is 372 g/mol. The van der Waals surface area contributed by atoms with E-state index in [1.807, 2.05) is 0 Å². The SMILES string of the molecule is O[C@H](COCC[C@@H]1C[C@@H]2CC[C@@H]1C2)CN1CCC(Cc2ccccc2)CC1. The van der Waals surface area contributed by atoms with Crippen LogP contribution in [0.5, 0.6) is 0 Å². The monoisotopic (exact) mass is 371 g/mol. The molecule has 1 N–H and O–H groups in total. The average Bonchev–Trinajstić information content (AvgIpc) is 3.31. The lowest BCUT2D eigenvalue weighted by Gasteiger charge is -2.33. The van der Waals surface area contributed by atoms with E-state index in [0.717, 1.165) is 49.9 Å². The Kier molecular flexibility index (Phi) is 6.86. The van der Waals surface area contributed by atoms with Gasteiger partial charge in [-0.25, -0.2) is 0 Å². The number of ether oxygens (including phenoxy) is 1. The van der Waals surface area contributed by atoms with Gasteiger partial charge in [0.05, 0.1) is 12.7 Å². The van der Waals surface area contributed by atoms with Gasteiger partial charge in [0.2, 0.25) is 0 Å². The lowest BCUT2D eigenvalue weighted by atomic mass is 9.87. The van der Waals surface area contributed by atoms with E-state index in [1.54, 1.807) is 0 Å². The summed E-state index contributed by atoms with van der Waals surface area (Å²) in [7, 11) is 0. The van der Waals surface area contributed by atoms with Crippen LogP contribution in [0.25, 0.3) is 0 Å². The summed E-state index contributed by atoms with van der Waals surface area (Å²) in [5.41, 5.74) is 1.46. The molecule has 1 aromatic rings. The third kappa shape index (κ3) is 5.56. The first kappa shape index (κ1) is 19.4. The molecule has 0 aromatic heterocycles. The molecule has 1 aliphatic heterocycles. The van der Waals surface area contributed by atoms with E-state index in [9.17, 15) is 5.11 Å². The first-order valence-electron chi connectivity index (χ1n) is 11.3. The van der Waals surface area contributed by atoms with Crippen molar-refractivity contribution in [1.29, 1.82) is 0 Å². The zero-order valence-corrected chi connectivity index (χ0v) is 16.8. The van der Waals surface area contributed by atoms with Crippen LogP contribution >= 0.6 is 0 Å². The molecule has 0 spiro atoms. The molecule has 4 rings (SSSR count). The number of piperidine rings is 1. The van der Waals surface area contributed by atoms with Crippen LogP contribution in [0.1, 0.15) is 50.5 Å². The molecule has 1 saturated heterocycles. The van der Waals surface area contributed by atoms with Gasteiger partial charge >= 0.3 is 0 Å². The summed E-state index contributed by atoms with van der Waals surface area (Å²) in [6.45, 7) is 4.33.